The van der Waals surface area contributed by atoms with Crippen molar-refractivity contribution >= 4 is 41.1 Å². The van der Waals surface area contributed by atoms with Crippen LogP contribution in [0.3, 0.4) is 0 Å². The minimum atomic E-state index is 0.367. The van der Waals surface area contributed by atoms with Crippen molar-refractivity contribution in [1.82, 2.24) is 4.90 Å². The fourth-order valence-corrected chi connectivity index (χ4v) is 2.22. The summed E-state index contributed by atoms with van der Waals surface area (Å²) in [6.07, 6.45) is 1.72. The van der Waals surface area contributed by atoms with E-state index >= 15 is 0 Å². The summed E-state index contributed by atoms with van der Waals surface area (Å²) in [6.45, 7) is 2.75. The predicted octanol–water partition coefficient (Wildman–Crippen LogP) is 4.55. The molecule has 1 aromatic carbocycles. The van der Waals surface area contributed by atoms with E-state index in [1.54, 1.807) is 13.2 Å². The van der Waals surface area contributed by atoms with E-state index < -0.39 is 0 Å². The minimum Gasteiger partial charge on any atom is -0.497 e. The van der Waals surface area contributed by atoms with Gasteiger partial charge in [-0.25, -0.2) is 0 Å². The molecule has 2 rings (SSSR count). The predicted molar refractivity (Wildman–Crippen MR) is 104 cm³/mol. The molecule has 0 saturated carbocycles. The number of hydrogen-bond donors (Lipinski definition) is 0. The molecule has 126 valence electrons. The van der Waals surface area contributed by atoms with Gasteiger partial charge in [-0.3, -0.25) is 0 Å². The Morgan fingerprint density at radius 1 is 1.21 bits per heavy atom. The molecule has 4 nitrogen and oxygen atoms in total. The number of nitrogens with zero attached hydrogens (tertiary/aromatic N) is 1. The van der Waals surface area contributed by atoms with Crippen LogP contribution in [-0.2, 0) is 4.74 Å². The van der Waals surface area contributed by atoms with E-state index in [-0.39, 0.29) is 0 Å². The number of ether oxygens (including phenoxy) is 2. The Kier molecular flexibility index (Phi) is 6.52. The number of methoxy groups -OCH3 is 1. The van der Waals surface area contributed by atoms with Crippen molar-refractivity contribution < 1.29 is 13.9 Å². The highest BCUT2D eigenvalue weighted by atomic mass is 32.1. The van der Waals surface area contributed by atoms with Crippen molar-refractivity contribution in [2.24, 2.45) is 0 Å². The first-order valence-corrected chi connectivity index (χ1v) is 8.29. The van der Waals surface area contributed by atoms with E-state index in [9.17, 15) is 0 Å². The largest absolute Gasteiger partial charge is 0.497 e. The van der Waals surface area contributed by atoms with E-state index in [0.29, 0.717) is 16.7 Å². The first kappa shape index (κ1) is 18.2. The normalized spacial score (nSPS) is 11.0. The Balaban J connectivity index is 2.15. The topological polar surface area (TPSA) is 34.8 Å². The molecule has 1 aromatic heterocycles. The molecule has 2 aromatic rings. The van der Waals surface area contributed by atoms with Crippen molar-refractivity contribution in [2.75, 3.05) is 20.7 Å². The van der Waals surface area contributed by atoms with Crippen LogP contribution < -0.4 is 4.74 Å². The van der Waals surface area contributed by atoms with Gasteiger partial charge in [0.05, 0.1) is 7.11 Å². The van der Waals surface area contributed by atoms with Gasteiger partial charge >= 0.3 is 0 Å². The van der Waals surface area contributed by atoms with Crippen LogP contribution in [0, 0.1) is 0 Å². The van der Waals surface area contributed by atoms with E-state index in [1.807, 2.05) is 55.3 Å². The standard InChI is InChI=1S/C18H19NO3S2/c1-4-19(2)18(24)22-16(12-23)11-15-9-10-17(21-15)13-5-7-14(20-3)8-6-13/h5-12H,4H2,1-3H3/b16-11-. The molecular formula is C18H19NO3S2. The zero-order valence-electron chi connectivity index (χ0n) is 13.8. The summed E-state index contributed by atoms with van der Waals surface area (Å²) in [7, 11) is 3.50. The van der Waals surface area contributed by atoms with Crippen molar-refractivity contribution in [3.05, 3.63) is 47.9 Å². The van der Waals surface area contributed by atoms with Gasteiger partial charge in [-0.05, 0) is 55.5 Å². The maximum absolute atomic E-state index is 5.82. The van der Waals surface area contributed by atoms with Gasteiger partial charge in [0, 0.05) is 30.6 Å². The number of allylic oxidation sites excluding steroid dienone is 1. The minimum absolute atomic E-state index is 0.367. The summed E-state index contributed by atoms with van der Waals surface area (Å²) in [4.78, 5) is 1.81. The smallest absolute Gasteiger partial charge is 0.264 e. The number of thiocarbonyl (C=S) groups is 2. The third kappa shape index (κ3) is 4.66. The molecular weight excluding hydrogens is 342 g/mol. The lowest BCUT2D eigenvalue weighted by Gasteiger charge is -2.17. The van der Waals surface area contributed by atoms with Crippen LogP contribution in [0.1, 0.15) is 12.7 Å². The van der Waals surface area contributed by atoms with Crippen LogP contribution in [0.2, 0.25) is 0 Å². The lowest BCUT2D eigenvalue weighted by Crippen LogP contribution is -2.26. The van der Waals surface area contributed by atoms with Gasteiger partial charge in [0.2, 0.25) is 0 Å². The second-order valence-corrected chi connectivity index (χ2v) is 5.56. The first-order valence-electron chi connectivity index (χ1n) is 7.41. The third-order valence-electron chi connectivity index (χ3n) is 3.39. The van der Waals surface area contributed by atoms with Crippen LogP contribution in [0.4, 0.5) is 0 Å². The quantitative estimate of drug-likeness (QED) is 0.427. The van der Waals surface area contributed by atoms with Crippen LogP contribution in [-0.4, -0.2) is 36.1 Å². The van der Waals surface area contributed by atoms with E-state index in [1.165, 1.54) is 5.37 Å². The Bertz CT molecular complexity index is 735. The van der Waals surface area contributed by atoms with Gasteiger partial charge in [0.15, 0.2) is 0 Å². The first-order chi connectivity index (χ1) is 11.6. The summed E-state index contributed by atoms with van der Waals surface area (Å²) >= 11 is 10.2. The molecule has 1 heterocycles. The molecule has 0 unspecified atom stereocenters. The van der Waals surface area contributed by atoms with E-state index in [2.05, 4.69) is 0 Å². The van der Waals surface area contributed by atoms with Crippen LogP contribution in [0.5, 0.6) is 5.75 Å². The molecule has 0 N–H and O–H groups in total. The van der Waals surface area contributed by atoms with Crippen molar-refractivity contribution in [2.45, 2.75) is 6.92 Å². The molecule has 6 heteroatoms. The maximum Gasteiger partial charge on any atom is 0.264 e. The molecule has 0 amide bonds. The highest BCUT2D eigenvalue weighted by molar-refractivity contribution is 7.80. The number of furan rings is 1. The molecule has 24 heavy (non-hydrogen) atoms. The molecule has 0 fully saturated rings. The summed E-state index contributed by atoms with van der Waals surface area (Å²) in [5.74, 6) is 2.65. The summed E-state index contributed by atoms with van der Waals surface area (Å²) < 4.78 is 16.6. The van der Waals surface area contributed by atoms with Crippen molar-refractivity contribution in [1.29, 1.82) is 0 Å². The van der Waals surface area contributed by atoms with Crippen LogP contribution in [0.15, 0.2) is 46.6 Å². The van der Waals surface area contributed by atoms with E-state index in [4.69, 9.17) is 38.3 Å². The Labute approximate surface area is 152 Å². The Morgan fingerprint density at radius 3 is 2.50 bits per heavy atom. The SMILES string of the molecule is CCN(C)C(=S)O/C(C=S)=C\c1ccc(-c2ccc(OC)cc2)o1. The monoisotopic (exact) mass is 361 g/mol. The van der Waals surface area contributed by atoms with E-state index in [0.717, 1.165) is 23.6 Å². The maximum atomic E-state index is 5.82. The van der Waals surface area contributed by atoms with Crippen LogP contribution >= 0.6 is 24.4 Å². The highest BCUT2D eigenvalue weighted by Crippen LogP contribution is 2.25. The Morgan fingerprint density at radius 2 is 1.92 bits per heavy atom. The number of benzene rings is 1. The van der Waals surface area contributed by atoms with Gasteiger partial charge in [-0.15, -0.1) is 0 Å². The summed E-state index contributed by atoms with van der Waals surface area (Å²) in [5, 5.41) is 1.80. The molecule has 0 aliphatic rings. The van der Waals surface area contributed by atoms with Gasteiger partial charge in [0.25, 0.3) is 5.17 Å². The summed E-state index contributed by atoms with van der Waals surface area (Å²) in [6, 6.07) is 11.4. The fraction of sp³-hybridized carbons (Fsp3) is 0.222. The fourth-order valence-electron chi connectivity index (χ4n) is 1.88. The Hall–Kier alpha value is -2.18. The lowest BCUT2D eigenvalue weighted by atomic mass is 10.2. The lowest BCUT2D eigenvalue weighted by molar-refractivity contribution is 0.361. The second-order valence-electron chi connectivity index (χ2n) is 4.98. The molecule has 0 aliphatic carbocycles. The van der Waals surface area contributed by atoms with Gasteiger partial charge < -0.3 is 18.8 Å². The zero-order valence-corrected chi connectivity index (χ0v) is 15.4. The van der Waals surface area contributed by atoms with Gasteiger partial charge in [-0.2, -0.15) is 0 Å². The summed E-state index contributed by atoms with van der Waals surface area (Å²) in [5.41, 5.74) is 0.960. The molecule has 0 saturated heterocycles. The average molecular weight is 361 g/mol. The second kappa shape index (κ2) is 8.61. The van der Waals surface area contributed by atoms with Crippen molar-refractivity contribution in [3.8, 4) is 17.1 Å². The average Bonchev–Trinajstić information content (AvgIpc) is 3.08. The molecule has 0 atom stereocenters. The highest BCUT2D eigenvalue weighted by Gasteiger charge is 2.08. The third-order valence-corrected chi connectivity index (χ3v) is 4.02. The molecule has 0 radical (unpaired) electrons. The number of hydrogen-bond acceptors (Lipinski definition) is 5. The molecule has 0 bridgehead atoms. The molecule has 0 aliphatic heterocycles. The zero-order chi connectivity index (χ0) is 17.5. The van der Waals surface area contributed by atoms with Crippen LogP contribution in [0.25, 0.3) is 17.4 Å². The molecule has 0 spiro atoms. The van der Waals surface area contributed by atoms with Gasteiger partial charge in [-0.1, -0.05) is 12.2 Å². The van der Waals surface area contributed by atoms with Gasteiger partial charge in [0.1, 0.15) is 23.0 Å². The van der Waals surface area contributed by atoms with Crippen molar-refractivity contribution in [3.63, 3.8) is 0 Å². The number of rotatable bonds is 6.